The molecule has 0 spiro atoms. The highest BCUT2D eigenvalue weighted by Crippen LogP contribution is 2.21. The molecule has 8 nitrogen and oxygen atoms in total. The van der Waals surface area contributed by atoms with Crippen molar-refractivity contribution in [3.63, 3.8) is 0 Å². The van der Waals surface area contributed by atoms with E-state index >= 15 is 0 Å². The average molecular weight is 446 g/mol. The topological polar surface area (TPSA) is 93.5 Å². The fraction of sp³-hybridized carbons (Fsp3) is 0.440. The van der Waals surface area contributed by atoms with Crippen molar-refractivity contribution < 1.29 is 0 Å². The second-order valence-electron chi connectivity index (χ2n) is 8.88. The summed E-state index contributed by atoms with van der Waals surface area (Å²) in [5.74, 6) is 1.50. The molecule has 0 atom stereocenters. The first-order valence-electron chi connectivity index (χ1n) is 11.7. The van der Waals surface area contributed by atoms with E-state index < -0.39 is 0 Å². The van der Waals surface area contributed by atoms with Crippen molar-refractivity contribution in [1.29, 1.82) is 0 Å². The Bertz CT molecular complexity index is 1340. The number of rotatable bonds is 11. The highest BCUT2D eigenvalue weighted by atomic mass is 16.1. The molecule has 4 aromatic rings. The van der Waals surface area contributed by atoms with Crippen LogP contribution in [0.25, 0.3) is 32.5 Å². The molecular formula is C25H31N7O. The first-order chi connectivity index (χ1) is 16.1. The Balaban J connectivity index is 1.66. The van der Waals surface area contributed by atoms with Gasteiger partial charge in [-0.05, 0) is 55.0 Å². The maximum absolute atomic E-state index is 13.5. The summed E-state index contributed by atoms with van der Waals surface area (Å²) >= 11 is 0. The Labute approximate surface area is 193 Å². The van der Waals surface area contributed by atoms with Crippen LogP contribution >= 0.6 is 0 Å². The van der Waals surface area contributed by atoms with Crippen LogP contribution in [-0.4, -0.2) is 25.2 Å². The van der Waals surface area contributed by atoms with Gasteiger partial charge in [0.25, 0.3) is 0 Å². The molecule has 0 saturated carbocycles. The Morgan fingerprint density at radius 1 is 0.909 bits per heavy atom. The first-order valence-corrected chi connectivity index (χ1v) is 11.7. The molecule has 172 valence electrons. The van der Waals surface area contributed by atoms with Gasteiger partial charge < -0.3 is 4.57 Å². The minimum absolute atomic E-state index is 0.00582. The van der Waals surface area contributed by atoms with Gasteiger partial charge in [0.15, 0.2) is 0 Å². The lowest BCUT2D eigenvalue weighted by molar-refractivity contribution is 0.505. The molecule has 0 radical (unpaired) electrons. The van der Waals surface area contributed by atoms with Crippen LogP contribution in [0.3, 0.4) is 0 Å². The smallest absolute Gasteiger partial charge is 0.326 e. The van der Waals surface area contributed by atoms with E-state index in [9.17, 15) is 4.79 Å². The zero-order valence-corrected chi connectivity index (χ0v) is 19.4. The third-order valence-corrected chi connectivity index (χ3v) is 6.09. The minimum atomic E-state index is -0.00582. The Kier molecular flexibility index (Phi) is 7.15. The molecule has 0 bridgehead atoms. The summed E-state index contributed by atoms with van der Waals surface area (Å²) in [5.41, 5.74) is 12.4. The number of para-hydroxylation sites is 4. The molecular weight excluding hydrogens is 414 g/mol. The molecule has 8 heteroatoms. The van der Waals surface area contributed by atoms with Gasteiger partial charge in [0.05, 0.1) is 28.6 Å². The molecule has 0 N–H and O–H groups in total. The Morgan fingerprint density at radius 2 is 1.61 bits per heavy atom. The lowest BCUT2D eigenvalue weighted by Gasteiger charge is -2.11. The molecule has 0 unspecified atom stereocenters. The Hall–Kier alpha value is -3.51. The molecule has 0 aliphatic carbocycles. The van der Waals surface area contributed by atoms with Crippen LogP contribution in [0.2, 0.25) is 0 Å². The van der Waals surface area contributed by atoms with Crippen molar-refractivity contribution in [1.82, 2.24) is 18.7 Å². The van der Waals surface area contributed by atoms with E-state index in [-0.39, 0.29) is 5.69 Å². The Morgan fingerprint density at radius 3 is 2.33 bits per heavy atom. The lowest BCUT2D eigenvalue weighted by Crippen LogP contribution is -2.26. The van der Waals surface area contributed by atoms with Crippen LogP contribution in [0.15, 0.2) is 58.4 Å². The fourth-order valence-electron chi connectivity index (χ4n) is 4.34. The summed E-state index contributed by atoms with van der Waals surface area (Å²) in [6.07, 6.45) is 3.66. The molecule has 0 amide bonds. The van der Waals surface area contributed by atoms with Crippen molar-refractivity contribution in [2.75, 3.05) is 6.54 Å². The van der Waals surface area contributed by atoms with E-state index in [1.54, 1.807) is 0 Å². The standard InChI is InChI=1S/C25H31N7O/c1-19(2)14-17-30-21-11-5-4-10-20(21)28-24(30)18-32-23-13-7-6-12-22(23)31(25(32)33)16-9-3-8-15-27-29-26/h4-7,10-13,19H,3,8-9,14-18H2,1-2H3. The van der Waals surface area contributed by atoms with Gasteiger partial charge in [-0.25, -0.2) is 9.78 Å². The third kappa shape index (κ3) is 4.96. The van der Waals surface area contributed by atoms with Gasteiger partial charge in [0, 0.05) is 24.5 Å². The van der Waals surface area contributed by atoms with E-state index in [4.69, 9.17) is 10.5 Å². The molecule has 2 aromatic heterocycles. The number of aryl methyl sites for hydroxylation is 2. The molecule has 0 aliphatic rings. The van der Waals surface area contributed by atoms with E-state index in [0.29, 0.717) is 25.6 Å². The summed E-state index contributed by atoms with van der Waals surface area (Å²) in [6.45, 7) is 6.92. The van der Waals surface area contributed by atoms with Crippen LogP contribution in [0.5, 0.6) is 0 Å². The van der Waals surface area contributed by atoms with Gasteiger partial charge in [-0.15, -0.1) is 0 Å². The van der Waals surface area contributed by atoms with Gasteiger partial charge in [0.2, 0.25) is 0 Å². The number of hydrogen-bond acceptors (Lipinski definition) is 3. The summed E-state index contributed by atoms with van der Waals surface area (Å²) in [7, 11) is 0. The largest absolute Gasteiger partial charge is 0.329 e. The molecule has 33 heavy (non-hydrogen) atoms. The first kappa shape index (κ1) is 22.7. The van der Waals surface area contributed by atoms with Crippen LogP contribution < -0.4 is 5.69 Å². The molecule has 2 aromatic carbocycles. The van der Waals surface area contributed by atoms with Gasteiger partial charge in [-0.3, -0.25) is 9.13 Å². The van der Waals surface area contributed by atoms with Gasteiger partial charge >= 0.3 is 5.69 Å². The zero-order chi connectivity index (χ0) is 23.2. The number of azide groups is 1. The van der Waals surface area contributed by atoms with Gasteiger partial charge in [-0.1, -0.05) is 49.6 Å². The minimum Gasteiger partial charge on any atom is -0.326 e. The number of hydrogen-bond donors (Lipinski definition) is 0. The monoisotopic (exact) mass is 445 g/mol. The van der Waals surface area contributed by atoms with Crippen LogP contribution in [0, 0.1) is 5.92 Å². The maximum atomic E-state index is 13.5. The SMILES string of the molecule is CC(C)CCn1c(Cn2c(=O)n(CCCCCN=[N+]=[N-])c3ccccc32)nc2ccccc21. The second kappa shape index (κ2) is 10.4. The van der Waals surface area contributed by atoms with Crippen LogP contribution in [0.1, 0.15) is 45.4 Å². The van der Waals surface area contributed by atoms with Crippen LogP contribution in [0.4, 0.5) is 0 Å². The summed E-state index contributed by atoms with van der Waals surface area (Å²) < 4.78 is 5.98. The molecule has 0 saturated heterocycles. The van der Waals surface area contributed by atoms with E-state index in [1.807, 2.05) is 51.6 Å². The van der Waals surface area contributed by atoms with Gasteiger partial charge in [-0.2, -0.15) is 0 Å². The predicted molar refractivity (Wildman–Crippen MR) is 132 cm³/mol. The number of fused-ring (bicyclic) bond motifs is 2. The van der Waals surface area contributed by atoms with E-state index in [0.717, 1.165) is 60.1 Å². The van der Waals surface area contributed by atoms with Crippen molar-refractivity contribution in [2.24, 2.45) is 11.0 Å². The summed E-state index contributed by atoms with van der Waals surface area (Å²) in [5, 5.41) is 3.59. The number of imidazole rings is 2. The van der Waals surface area contributed by atoms with E-state index in [2.05, 4.69) is 34.5 Å². The molecule has 0 aliphatic heterocycles. The predicted octanol–water partition coefficient (Wildman–Crippen LogP) is 5.73. The quantitative estimate of drug-likeness (QED) is 0.128. The number of aromatic nitrogens is 4. The lowest BCUT2D eigenvalue weighted by atomic mass is 10.1. The third-order valence-electron chi connectivity index (χ3n) is 6.09. The van der Waals surface area contributed by atoms with Crippen LogP contribution in [-0.2, 0) is 19.6 Å². The maximum Gasteiger partial charge on any atom is 0.329 e. The highest BCUT2D eigenvalue weighted by Gasteiger charge is 2.17. The average Bonchev–Trinajstić information content (AvgIpc) is 3.30. The van der Waals surface area contributed by atoms with E-state index in [1.165, 1.54) is 0 Å². The van der Waals surface area contributed by atoms with Crippen molar-refractivity contribution in [2.45, 2.75) is 59.2 Å². The normalized spacial score (nSPS) is 11.5. The summed E-state index contributed by atoms with van der Waals surface area (Å²) in [6, 6.07) is 16.2. The number of benzene rings is 2. The van der Waals surface area contributed by atoms with Crippen molar-refractivity contribution in [3.8, 4) is 0 Å². The highest BCUT2D eigenvalue weighted by molar-refractivity contribution is 5.77. The number of nitrogens with zero attached hydrogens (tertiary/aromatic N) is 7. The molecule has 0 fully saturated rings. The molecule has 4 rings (SSSR count). The molecule has 2 heterocycles. The van der Waals surface area contributed by atoms with Crippen molar-refractivity contribution in [3.05, 3.63) is 75.3 Å². The van der Waals surface area contributed by atoms with Crippen molar-refractivity contribution >= 4 is 22.1 Å². The number of unbranched alkanes of at least 4 members (excludes halogenated alkanes) is 2. The van der Waals surface area contributed by atoms with Gasteiger partial charge in [0.1, 0.15) is 5.82 Å². The zero-order valence-electron chi connectivity index (χ0n) is 19.4. The second-order valence-corrected chi connectivity index (χ2v) is 8.88. The fourth-order valence-corrected chi connectivity index (χ4v) is 4.34. The summed E-state index contributed by atoms with van der Waals surface area (Å²) in [4.78, 5) is 21.2.